The van der Waals surface area contributed by atoms with Crippen molar-refractivity contribution < 1.29 is 13.0 Å². The van der Waals surface area contributed by atoms with E-state index in [2.05, 4.69) is 5.32 Å². The standard InChI is InChI=1S/C10H21NO3S/c1-8(9(2)15(12,13)14)11-10-6-4-3-5-7-10/h8-11H,3-7H2,1-2H3,(H,12,13,14). The van der Waals surface area contributed by atoms with Crippen molar-refractivity contribution in [3.63, 3.8) is 0 Å². The van der Waals surface area contributed by atoms with Gasteiger partial charge in [-0.2, -0.15) is 8.42 Å². The maximum absolute atomic E-state index is 10.9. The van der Waals surface area contributed by atoms with Crippen LogP contribution in [-0.2, 0) is 10.1 Å². The van der Waals surface area contributed by atoms with Gasteiger partial charge in [0, 0.05) is 12.1 Å². The SMILES string of the molecule is CC(NC1CCCCC1)C(C)S(=O)(=O)O. The molecule has 0 saturated heterocycles. The van der Waals surface area contributed by atoms with E-state index in [0.29, 0.717) is 6.04 Å². The maximum Gasteiger partial charge on any atom is 0.269 e. The molecule has 0 aliphatic heterocycles. The Hall–Kier alpha value is -0.130. The van der Waals surface area contributed by atoms with Gasteiger partial charge in [0.25, 0.3) is 10.1 Å². The molecule has 0 bridgehead atoms. The third kappa shape index (κ3) is 4.09. The molecule has 1 saturated carbocycles. The largest absolute Gasteiger partial charge is 0.310 e. The quantitative estimate of drug-likeness (QED) is 0.726. The van der Waals surface area contributed by atoms with Gasteiger partial charge in [-0.1, -0.05) is 19.3 Å². The molecule has 2 N–H and O–H groups in total. The van der Waals surface area contributed by atoms with Crippen LogP contribution in [0.1, 0.15) is 46.0 Å². The first-order chi connectivity index (χ1) is 6.91. The van der Waals surface area contributed by atoms with Gasteiger partial charge in [-0.15, -0.1) is 0 Å². The minimum Gasteiger partial charge on any atom is -0.310 e. The molecule has 0 heterocycles. The van der Waals surface area contributed by atoms with Gasteiger partial charge in [-0.3, -0.25) is 4.55 Å². The van der Waals surface area contributed by atoms with E-state index in [4.69, 9.17) is 4.55 Å². The van der Waals surface area contributed by atoms with Crippen molar-refractivity contribution in [3.8, 4) is 0 Å². The summed E-state index contributed by atoms with van der Waals surface area (Å²) in [6, 6.07) is 0.223. The highest BCUT2D eigenvalue weighted by Crippen LogP contribution is 2.18. The van der Waals surface area contributed by atoms with E-state index in [1.54, 1.807) is 0 Å². The fourth-order valence-electron chi connectivity index (χ4n) is 2.03. The van der Waals surface area contributed by atoms with Gasteiger partial charge in [-0.25, -0.2) is 0 Å². The molecule has 15 heavy (non-hydrogen) atoms. The molecular formula is C10H21NO3S. The van der Waals surface area contributed by atoms with E-state index in [9.17, 15) is 8.42 Å². The van der Waals surface area contributed by atoms with Crippen LogP contribution < -0.4 is 5.32 Å². The molecule has 0 aromatic carbocycles. The van der Waals surface area contributed by atoms with Crippen LogP contribution >= 0.6 is 0 Å². The number of hydrogen-bond acceptors (Lipinski definition) is 3. The van der Waals surface area contributed by atoms with Crippen molar-refractivity contribution in [2.24, 2.45) is 0 Å². The molecular weight excluding hydrogens is 214 g/mol. The van der Waals surface area contributed by atoms with Crippen LogP contribution in [0.2, 0.25) is 0 Å². The predicted octanol–water partition coefficient (Wildman–Crippen LogP) is 1.57. The van der Waals surface area contributed by atoms with Crippen molar-refractivity contribution in [2.45, 2.75) is 63.3 Å². The normalized spacial score (nSPS) is 23.7. The van der Waals surface area contributed by atoms with Gasteiger partial charge in [0.15, 0.2) is 0 Å². The Labute approximate surface area is 92.2 Å². The van der Waals surface area contributed by atoms with Crippen LogP contribution in [0.4, 0.5) is 0 Å². The van der Waals surface area contributed by atoms with E-state index in [1.165, 1.54) is 26.2 Å². The lowest BCUT2D eigenvalue weighted by Gasteiger charge is -2.28. The monoisotopic (exact) mass is 235 g/mol. The molecule has 0 aromatic heterocycles. The van der Waals surface area contributed by atoms with Crippen molar-refractivity contribution in [2.75, 3.05) is 0 Å². The molecule has 1 rings (SSSR count). The lowest BCUT2D eigenvalue weighted by molar-refractivity contribution is 0.335. The van der Waals surface area contributed by atoms with Crippen LogP contribution in [-0.4, -0.2) is 30.3 Å². The highest BCUT2D eigenvalue weighted by Gasteiger charge is 2.26. The number of rotatable bonds is 4. The van der Waals surface area contributed by atoms with Crippen molar-refractivity contribution in [1.82, 2.24) is 5.32 Å². The molecule has 2 unspecified atom stereocenters. The van der Waals surface area contributed by atoms with Crippen LogP contribution in [0.5, 0.6) is 0 Å². The molecule has 4 nitrogen and oxygen atoms in total. The Bertz CT molecular complexity index is 283. The molecule has 2 atom stereocenters. The zero-order chi connectivity index (χ0) is 11.5. The van der Waals surface area contributed by atoms with E-state index in [0.717, 1.165) is 12.8 Å². The molecule has 5 heteroatoms. The summed E-state index contributed by atoms with van der Waals surface area (Å²) in [5.74, 6) is 0. The maximum atomic E-state index is 10.9. The van der Waals surface area contributed by atoms with Gasteiger partial charge >= 0.3 is 0 Å². The zero-order valence-electron chi connectivity index (χ0n) is 9.44. The zero-order valence-corrected chi connectivity index (χ0v) is 10.3. The summed E-state index contributed by atoms with van der Waals surface area (Å²) in [5.41, 5.74) is 0. The average molecular weight is 235 g/mol. The van der Waals surface area contributed by atoms with Crippen molar-refractivity contribution in [3.05, 3.63) is 0 Å². The van der Waals surface area contributed by atoms with Gasteiger partial charge in [0.1, 0.15) is 0 Å². The van der Waals surface area contributed by atoms with Gasteiger partial charge in [-0.05, 0) is 26.7 Å². The minimum absolute atomic E-state index is 0.192. The van der Waals surface area contributed by atoms with E-state index >= 15 is 0 Å². The molecule has 0 radical (unpaired) electrons. The summed E-state index contributed by atoms with van der Waals surface area (Å²) in [7, 11) is -3.92. The molecule has 1 aliphatic carbocycles. The first-order valence-corrected chi connectivity index (χ1v) is 7.14. The second-order valence-corrected chi connectivity index (χ2v) is 6.28. The number of nitrogens with one attached hydrogen (secondary N) is 1. The van der Waals surface area contributed by atoms with Crippen LogP contribution in [0.3, 0.4) is 0 Å². The highest BCUT2D eigenvalue weighted by atomic mass is 32.2. The molecule has 1 aliphatic rings. The van der Waals surface area contributed by atoms with E-state index < -0.39 is 15.4 Å². The summed E-state index contributed by atoms with van der Waals surface area (Å²) >= 11 is 0. The highest BCUT2D eigenvalue weighted by molar-refractivity contribution is 7.86. The lowest BCUT2D eigenvalue weighted by Crippen LogP contribution is -2.45. The summed E-state index contributed by atoms with van der Waals surface area (Å²) in [6.45, 7) is 3.35. The Morgan fingerprint density at radius 1 is 1.20 bits per heavy atom. The second kappa shape index (κ2) is 5.27. The average Bonchev–Trinajstić information content (AvgIpc) is 2.16. The Kier molecular flexibility index (Phi) is 4.55. The Morgan fingerprint density at radius 3 is 2.20 bits per heavy atom. The Morgan fingerprint density at radius 2 is 1.73 bits per heavy atom. The molecule has 90 valence electrons. The van der Waals surface area contributed by atoms with E-state index in [-0.39, 0.29) is 6.04 Å². The fraction of sp³-hybridized carbons (Fsp3) is 1.00. The fourth-order valence-corrected chi connectivity index (χ4v) is 2.63. The number of hydrogen-bond donors (Lipinski definition) is 2. The minimum atomic E-state index is -3.92. The van der Waals surface area contributed by atoms with Gasteiger partial charge in [0.05, 0.1) is 5.25 Å². The van der Waals surface area contributed by atoms with Crippen LogP contribution in [0.25, 0.3) is 0 Å². The molecule has 0 amide bonds. The topological polar surface area (TPSA) is 66.4 Å². The van der Waals surface area contributed by atoms with Gasteiger partial charge in [0.2, 0.25) is 0 Å². The lowest BCUT2D eigenvalue weighted by atomic mass is 9.95. The predicted molar refractivity (Wildman–Crippen MR) is 60.5 cm³/mol. The Balaban J connectivity index is 2.43. The molecule has 1 fully saturated rings. The second-order valence-electron chi connectivity index (χ2n) is 4.51. The van der Waals surface area contributed by atoms with Crippen LogP contribution in [0.15, 0.2) is 0 Å². The van der Waals surface area contributed by atoms with E-state index in [1.807, 2.05) is 6.92 Å². The first-order valence-electron chi connectivity index (χ1n) is 5.63. The third-order valence-electron chi connectivity index (χ3n) is 3.28. The smallest absolute Gasteiger partial charge is 0.269 e. The summed E-state index contributed by atoms with van der Waals surface area (Å²) in [4.78, 5) is 0. The molecule has 0 spiro atoms. The van der Waals surface area contributed by atoms with Gasteiger partial charge < -0.3 is 5.32 Å². The first kappa shape index (κ1) is 12.9. The van der Waals surface area contributed by atoms with Crippen molar-refractivity contribution in [1.29, 1.82) is 0 Å². The third-order valence-corrected chi connectivity index (χ3v) is 4.63. The summed E-state index contributed by atoms with van der Waals surface area (Å²) in [5, 5.41) is 2.55. The molecule has 0 aromatic rings. The van der Waals surface area contributed by atoms with Crippen molar-refractivity contribution >= 4 is 10.1 Å². The summed E-state index contributed by atoms with van der Waals surface area (Å²) < 4.78 is 30.8. The summed E-state index contributed by atoms with van der Waals surface area (Å²) in [6.07, 6.45) is 5.93. The van der Waals surface area contributed by atoms with Crippen LogP contribution in [0, 0.1) is 0 Å².